The van der Waals surface area contributed by atoms with E-state index in [1.807, 2.05) is 24.1 Å². The van der Waals surface area contributed by atoms with Crippen LogP contribution in [0.2, 0.25) is 0 Å². The fourth-order valence-electron chi connectivity index (χ4n) is 6.71. The van der Waals surface area contributed by atoms with E-state index in [1.54, 1.807) is 31.2 Å². The van der Waals surface area contributed by atoms with E-state index in [4.69, 9.17) is 10.5 Å². The van der Waals surface area contributed by atoms with Gasteiger partial charge in [-0.15, -0.1) is 0 Å². The second-order valence-corrected chi connectivity index (χ2v) is 13.9. The molecule has 2 aliphatic carbocycles. The number of ketones is 1. The lowest BCUT2D eigenvalue weighted by Crippen LogP contribution is -2.60. The van der Waals surface area contributed by atoms with E-state index in [1.165, 1.54) is 10.4 Å². The summed E-state index contributed by atoms with van der Waals surface area (Å²) in [5.74, 6) is -2.45. The topological polar surface area (TPSA) is 158 Å². The van der Waals surface area contributed by atoms with Crippen LogP contribution < -0.4 is 15.8 Å². The number of sulfonamides is 1. The van der Waals surface area contributed by atoms with Gasteiger partial charge in [0.1, 0.15) is 16.5 Å². The zero-order valence-corrected chi connectivity index (χ0v) is 24.4. The number of hydrogen-bond donors (Lipinski definition) is 4. The Hall–Kier alpha value is -3.71. The molecule has 1 saturated carbocycles. The van der Waals surface area contributed by atoms with Gasteiger partial charge in [0.15, 0.2) is 0 Å². The summed E-state index contributed by atoms with van der Waals surface area (Å²) in [6, 6.07) is 11.6. The molecule has 11 nitrogen and oxygen atoms in total. The number of hydrogen-bond acceptors (Lipinski definition) is 8. The van der Waals surface area contributed by atoms with Crippen molar-refractivity contribution in [2.45, 2.75) is 42.5 Å². The number of nitrogen functional groups attached to an aromatic ring is 1. The maximum atomic E-state index is 14.3. The molecule has 3 aromatic rings. The molecule has 220 valence electrons. The standard InChI is InChI=1S/C30H33N5O6S/c1-16-13-19(16)18-7-8-20-23(15-18)41-30(38)21-5-4-6-22(31)25(21)27(36)29(20,30)33-28(37)26-17(2)14-24(32-26)42(39,40)35-11-9-34(3)10-12-35/h4-8,14-16,19,32,38H,9-13,31H2,1-3H3,(H,33,37)/t16-,19?,29?,30?/m0/s1. The average Bonchev–Trinajstić information content (AvgIpc) is 3.38. The number of aryl methyl sites for hydroxylation is 1. The number of aromatic nitrogens is 1. The Morgan fingerprint density at radius 2 is 1.86 bits per heavy atom. The number of aromatic amines is 1. The monoisotopic (exact) mass is 591 g/mol. The maximum absolute atomic E-state index is 14.3. The van der Waals surface area contributed by atoms with Crippen LogP contribution in [-0.2, 0) is 21.3 Å². The minimum absolute atomic E-state index is 0.0342. The van der Waals surface area contributed by atoms with Crippen molar-refractivity contribution in [2.24, 2.45) is 5.92 Å². The van der Waals surface area contributed by atoms with E-state index >= 15 is 0 Å². The highest BCUT2D eigenvalue weighted by molar-refractivity contribution is 7.89. The number of rotatable bonds is 5. The molecule has 4 aliphatic rings. The molecule has 3 unspecified atom stereocenters. The summed E-state index contributed by atoms with van der Waals surface area (Å²) in [5, 5.41) is 14.9. The molecule has 7 rings (SSSR count). The second-order valence-electron chi connectivity index (χ2n) is 12.0. The van der Waals surface area contributed by atoms with Crippen molar-refractivity contribution in [1.82, 2.24) is 19.5 Å². The van der Waals surface area contributed by atoms with Gasteiger partial charge in [0.2, 0.25) is 11.3 Å². The third-order valence-electron chi connectivity index (χ3n) is 9.34. The van der Waals surface area contributed by atoms with Gasteiger partial charge in [-0.3, -0.25) is 9.59 Å². The van der Waals surface area contributed by atoms with E-state index < -0.39 is 33.0 Å². The first-order chi connectivity index (χ1) is 19.9. The number of likely N-dealkylation sites (N-methyl/N-ethyl adjacent to an activating group) is 1. The number of carbonyl (C=O) groups excluding carboxylic acids is 2. The number of aliphatic hydroxyl groups is 1. The molecule has 2 aliphatic heterocycles. The van der Waals surface area contributed by atoms with Crippen LogP contribution in [0.5, 0.6) is 5.75 Å². The number of H-pyrrole nitrogens is 1. The number of nitrogens with one attached hydrogen (secondary N) is 2. The van der Waals surface area contributed by atoms with Crippen LogP contribution in [-0.4, -0.2) is 72.6 Å². The summed E-state index contributed by atoms with van der Waals surface area (Å²) in [6.45, 7) is 5.63. The van der Waals surface area contributed by atoms with Gasteiger partial charge >= 0.3 is 0 Å². The summed E-state index contributed by atoms with van der Waals surface area (Å²) < 4.78 is 34.4. The lowest BCUT2D eigenvalue weighted by atomic mass is 9.82. The van der Waals surface area contributed by atoms with Crippen LogP contribution in [0.4, 0.5) is 5.69 Å². The van der Waals surface area contributed by atoms with Gasteiger partial charge in [0.25, 0.3) is 21.7 Å². The molecule has 42 heavy (non-hydrogen) atoms. The molecule has 0 radical (unpaired) electrons. The van der Waals surface area contributed by atoms with Gasteiger partial charge in [0, 0.05) is 43.0 Å². The van der Waals surface area contributed by atoms with E-state index in [0.29, 0.717) is 54.9 Å². The highest BCUT2D eigenvalue weighted by Gasteiger charge is 2.72. The SMILES string of the molecule is Cc1cc(S(=O)(=O)N2CCN(C)CC2)[nH]c1C(=O)NC12C(=O)c3c(N)cccc3C1(O)Oc1cc(C3C[C@@H]3C)ccc12. The fourth-order valence-corrected chi connectivity index (χ4v) is 8.18. The van der Waals surface area contributed by atoms with Crippen LogP contribution in [0.15, 0.2) is 47.5 Å². The van der Waals surface area contributed by atoms with E-state index in [0.717, 1.165) is 12.0 Å². The third kappa shape index (κ3) is 3.58. The molecule has 5 N–H and O–H groups in total. The normalized spacial score (nSPS) is 28.6. The molecule has 2 aromatic carbocycles. The lowest BCUT2D eigenvalue weighted by Gasteiger charge is -2.34. The molecule has 2 fully saturated rings. The Bertz CT molecular complexity index is 1780. The van der Waals surface area contributed by atoms with Crippen molar-refractivity contribution >= 4 is 27.4 Å². The first-order valence-corrected chi connectivity index (χ1v) is 15.5. The zero-order valence-electron chi connectivity index (χ0n) is 23.6. The number of nitrogens with two attached hydrogens (primary N) is 1. The predicted octanol–water partition coefficient (Wildman–Crippen LogP) is 2.02. The number of piperazine rings is 1. The highest BCUT2D eigenvalue weighted by Crippen LogP contribution is 2.60. The molecule has 12 heteroatoms. The second kappa shape index (κ2) is 8.90. The maximum Gasteiger partial charge on any atom is 0.271 e. The molecule has 0 spiro atoms. The van der Waals surface area contributed by atoms with Crippen LogP contribution in [0, 0.1) is 12.8 Å². The smallest absolute Gasteiger partial charge is 0.271 e. The molecular formula is C30H33N5O6S. The Morgan fingerprint density at radius 3 is 2.55 bits per heavy atom. The van der Waals surface area contributed by atoms with Crippen LogP contribution in [0.3, 0.4) is 0 Å². The number of fused-ring (bicyclic) bond motifs is 5. The van der Waals surface area contributed by atoms with Crippen molar-refractivity contribution in [2.75, 3.05) is 39.0 Å². The van der Waals surface area contributed by atoms with Crippen molar-refractivity contribution in [3.63, 3.8) is 0 Å². The molecule has 3 heterocycles. The van der Waals surface area contributed by atoms with Crippen molar-refractivity contribution in [3.8, 4) is 5.75 Å². The molecular weight excluding hydrogens is 558 g/mol. The minimum Gasteiger partial charge on any atom is -0.454 e. The van der Waals surface area contributed by atoms with Crippen molar-refractivity contribution in [3.05, 3.63) is 76.0 Å². The molecule has 1 amide bonds. The number of anilines is 1. The van der Waals surface area contributed by atoms with Gasteiger partial charge < -0.3 is 30.8 Å². The Morgan fingerprint density at radius 1 is 1.14 bits per heavy atom. The lowest BCUT2D eigenvalue weighted by molar-refractivity contribution is -0.169. The first-order valence-electron chi connectivity index (χ1n) is 14.1. The van der Waals surface area contributed by atoms with E-state index in [-0.39, 0.29) is 27.5 Å². The largest absolute Gasteiger partial charge is 0.454 e. The predicted molar refractivity (Wildman–Crippen MR) is 154 cm³/mol. The molecule has 1 saturated heterocycles. The Labute approximate surface area is 243 Å². The van der Waals surface area contributed by atoms with E-state index in [9.17, 15) is 23.1 Å². The highest BCUT2D eigenvalue weighted by atomic mass is 32.2. The molecule has 1 aromatic heterocycles. The Kier molecular flexibility index (Phi) is 5.75. The number of Topliss-reactive ketones (excluding diaryl/α,β-unsaturated/α-hetero) is 1. The summed E-state index contributed by atoms with van der Waals surface area (Å²) >= 11 is 0. The number of ether oxygens (including phenoxy) is 1. The van der Waals surface area contributed by atoms with Crippen molar-refractivity contribution in [1.29, 1.82) is 0 Å². The quantitative estimate of drug-likeness (QED) is 0.328. The van der Waals surface area contributed by atoms with Crippen LogP contribution >= 0.6 is 0 Å². The molecule has 0 bridgehead atoms. The van der Waals surface area contributed by atoms with E-state index in [2.05, 4.69) is 17.2 Å². The minimum atomic E-state index is -3.89. The third-order valence-corrected chi connectivity index (χ3v) is 11.2. The Balaban J connectivity index is 1.30. The number of nitrogens with zero attached hydrogens (tertiary/aromatic N) is 2. The summed E-state index contributed by atoms with van der Waals surface area (Å²) in [6.07, 6.45) is 1.04. The summed E-state index contributed by atoms with van der Waals surface area (Å²) in [7, 11) is -1.96. The van der Waals surface area contributed by atoms with Crippen molar-refractivity contribution < 1.29 is 27.9 Å². The summed E-state index contributed by atoms with van der Waals surface area (Å²) in [4.78, 5) is 33.1. The average molecular weight is 592 g/mol. The first kappa shape index (κ1) is 27.1. The number of benzene rings is 2. The molecule has 4 atom stereocenters. The van der Waals surface area contributed by atoms with Gasteiger partial charge in [-0.05, 0) is 61.6 Å². The fraction of sp³-hybridized carbons (Fsp3) is 0.400. The van der Waals surface area contributed by atoms with Crippen LogP contribution in [0.25, 0.3) is 0 Å². The van der Waals surface area contributed by atoms with Gasteiger partial charge in [-0.2, -0.15) is 4.31 Å². The van der Waals surface area contributed by atoms with Gasteiger partial charge in [-0.1, -0.05) is 31.2 Å². The van der Waals surface area contributed by atoms with Crippen LogP contribution in [0.1, 0.15) is 62.4 Å². The van der Waals surface area contributed by atoms with Gasteiger partial charge in [0.05, 0.1) is 5.56 Å². The number of carbonyl (C=O) groups is 2. The zero-order chi connectivity index (χ0) is 29.8. The van der Waals surface area contributed by atoms with Gasteiger partial charge in [-0.25, -0.2) is 8.42 Å². The number of amides is 1. The summed E-state index contributed by atoms with van der Waals surface area (Å²) in [5.41, 5.74) is 6.24.